The van der Waals surface area contributed by atoms with Crippen LogP contribution in [0.1, 0.15) is 1.43 Å². The number of hydrogen-bond donors (Lipinski definition) is 1. The minimum Gasteiger partial charge on any atom is -0.340 e. The van der Waals surface area contributed by atoms with Crippen LogP contribution in [0.4, 0.5) is 11.5 Å². The van der Waals surface area contributed by atoms with E-state index in [-0.39, 0.29) is 1.43 Å². The normalized spacial score (nSPS) is 9.54. The first-order valence-corrected chi connectivity index (χ1v) is 4.18. The molecule has 0 radical (unpaired) electrons. The van der Waals surface area contributed by atoms with E-state index >= 15 is 0 Å². The van der Waals surface area contributed by atoms with Crippen molar-refractivity contribution in [2.24, 2.45) is 0 Å². The van der Waals surface area contributed by atoms with Crippen molar-refractivity contribution in [3.63, 3.8) is 0 Å². The molecule has 1 aromatic heterocycles. The average Bonchev–Trinajstić information content (AvgIpc) is 2.21. The zero-order valence-electron chi connectivity index (χ0n) is 7.14. The highest BCUT2D eigenvalue weighted by molar-refractivity contribution is 5.55. The highest BCUT2D eigenvalue weighted by Crippen LogP contribution is 2.11. The molecule has 1 aromatic carbocycles. The first kappa shape index (κ1) is 7.80. The molecular formula is C11H12N2. The molecule has 2 heteroatoms. The Hall–Kier alpha value is -1.83. The van der Waals surface area contributed by atoms with Crippen LogP contribution >= 0.6 is 0 Å². The van der Waals surface area contributed by atoms with Gasteiger partial charge in [-0.15, -0.1) is 0 Å². The van der Waals surface area contributed by atoms with E-state index in [9.17, 15) is 0 Å². The van der Waals surface area contributed by atoms with E-state index in [0.29, 0.717) is 0 Å². The standard InChI is InChI=1S/C11H10N2.H2/c1-2-6-10(7-3-1)13-11-8-4-5-9-12-11;/h1-9H,(H,12,13);1H. The largest absolute Gasteiger partial charge is 0.340 e. The van der Waals surface area contributed by atoms with Crippen LogP contribution in [-0.2, 0) is 0 Å². The quantitative estimate of drug-likeness (QED) is 0.753. The van der Waals surface area contributed by atoms with Crippen molar-refractivity contribution in [1.29, 1.82) is 0 Å². The summed E-state index contributed by atoms with van der Waals surface area (Å²) in [5.41, 5.74) is 1.06. The van der Waals surface area contributed by atoms with Gasteiger partial charge in [0.1, 0.15) is 5.82 Å². The molecule has 2 nitrogen and oxygen atoms in total. The second-order valence-corrected chi connectivity index (χ2v) is 2.71. The number of rotatable bonds is 2. The molecule has 0 unspecified atom stereocenters. The van der Waals surface area contributed by atoms with Crippen molar-refractivity contribution < 1.29 is 1.43 Å². The molecule has 0 spiro atoms. The van der Waals surface area contributed by atoms with Crippen molar-refractivity contribution >= 4 is 11.5 Å². The summed E-state index contributed by atoms with van der Waals surface area (Å²) in [4.78, 5) is 4.16. The molecule has 0 saturated heterocycles. The second-order valence-electron chi connectivity index (χ2n) is 2.71. The monoisotopic (exact) mass is 172 g/mol. The van der Waals surface area contributed by atoms with E-state index in [2.05, 4.69) is 10.3 Å². The molecule has 13 heavy (non-hydrogen) atoms. The van der Waals surface area contributed by atoms with Gasteiger partial charge in [-0.3, -0.25) is 0 Å². The molecule has 0 bridgehead atoms. The molecule has 66 valence electrons. The van der Waals surface area contributed by atoms with Gasteiger partial charge in [0.25, 0.3) is 0 Å². The van der Waals surface area contributed by atoms with Crippen molar-refractivity contribution in [3.8, 4) is 0 Å². The predicted molar refractivity (Wildman–Crippen MR) is 56.1 cm³/mol. The van der Waals surface area contributed by atoms with Gasteiger partial charge in [-0.1, -0.05) is 24.3 Å². The summed E-state index contributed by atoms with van der Waals surface area (Å²) >= 11 is 0. The summed E-state index contributed by atoms with van der Waals surface area (Å²) < 4.78 is 0. The van der Waals surface area contributed by atoms with Gasteiger partial charge in [-0.05, 0) is 24.3 Å². The van der Waals surface area contributed by atoms with Gasteiger partial charge >= 0.3 is 0 Å². The molecule has 0 saturated carbocycles. The summed E-state index contributed by atoms with van der Waals surface area (Å²) in [7, 11) is 0. The number of aromatic nitrogens is 1. The summed E-state index contributed by atoms with van der Waals surface area (Å²) in [6.07, 6.45) is 1.77. The van der Waals surface area contributed by atoms with Gasteiger partial charge in [-0.2, -0.15) is 0 Å². The fourth-order valence-electron chi connectivity index (χ4n) is 1.11. The number of nitrogens with zero attached hydrogens (tertiary/aromatic N) is 1. The Morgan fingerprint density at radius 2 is 1.69 bits per heavy atom. The lowest BCUT2D eigenvalue weighted by Crippen LogP contribution is -1.91. The zero-order chi connectivity index (χ0) is 8.93. The fourth-order valence-corrected chi connectivity index (χ4v) is 1.11. The number of anilines is 2. The third-order valence-electron chi connectivity index (χ3n) is 1.71. The number of nitrogens with one attached hydrogen (secondary N) is 1. The maximum absolute atomic E-state index is 4.16. The Labute approximate surface area is 78.7 Å². The van der Waals surface area contributed by atoms with E-state index in [0.717, 1.165) is 11.5 Å². The van der Waals surface area contributed by atoms with Crippen molar-refractivity contribution in [2.75, 3.05) is 5.32 Å². The van der Waals surface area contributed by atoms with E-state index < -0.39 is 0 Å². The van der Waals surface area contributed by atoms with Crippen LogP contribution in [-0.4, -0.2) is 4.98 Å². The average molecular weight is 172 g/mol. The summed E-state index contributed by atoms with van der Waals surface area (Å²) in [6, 6.07) is 15.8. The molecule has 1 heterocycles. The second kappa shape index (κ2) is 3.72. The summed E-state index contributed by atoms with van der Waals surface area (Å²) in [5, 5.41) is 3.19. The molecule has 0 amide bonds. The molecular weight excluding hydrogens is 160 g/mol. The molecule has 0 atom stereocenters. The highest BCUT2D eigenvalue weighted by atomic mass is 15.0. The van der Waals surface area contributed by atoms with Gasteiger partial charge in [-0.25, -0.2) is 4.98 Å². The van der Waals surface area contributed by atoms with Crippen molar-refractivity contribution in [1.82, 2.24) is 4.98 Å². The van der Waals surface area contributed by atoms with Crippen LogP contribution in [0, 0.1) is 0 Å². The maximum Gasteiger partial charge on any atom is 0.130 e. The number of benzene rings is 1. The Morgan fingerprint density at radius 3 is 2.38 bits per heavy atom. The Balaban J connectivity index is 0.000000980. The van der Waals surface area contributed by atoms with Crippen LogP contribution in [0.25, 0.3) is 0 Å². The first-order chi connectivity index (χ1) is 6.45. The Kier molecular flexibility index (Phi) is 2.23. The van der Waals surface area contributed by atoms with E-state index in [1.54, 1.807) is 6.20 Å². The summed E-state index contributed by atoms with van der Waals surface area (Å²) in [6.45, 7) is 0. The van der Waals surface area contributed by atoms with E-state index in [1.807, 2.05) is 48.5 Å². The first-order valence-electron chi connectivity index (χ1n) is 4.18. The van der Waals surface area contributed by atoms with E-state index in [1.165, 1.54) is 0 Å². The van der Waals surface area contributed by atoms with Crippen LogP contribution in [0.15, 0.2) is 54.7 Å². The van der Waals surface area contributed by atoms with Gasteiger partial charge < -0.3 is 5.32 Å². The maximum atomic E-state index is 4.16. The lowest BCUT2D eigenvalue weighted by molar-refractivity contribution is 1.31. The molecule has 0 aliphatic rings. The third kappa shape index (κ3) is 2.06. The minimum absolute atomic E-state index is 0. The highest BCUT2D eigenvalue weighted by Gasteiger charge is 1.91. The lowest BCUT2D eigenvalue weighted by atomic mass is 10.3. The number of hydrogen-bond acceptors (Lipinski definition) is 2. The van der Waals surface area contributed by atoms with Crippen LogP contribution in [0.3, 0.4) is 0 Å². The molecule has 0 aliphatic heterocycles. The number of pyridine rings is 1. The van der Waals surface area contributed by atoms with Crippen LogP contribution in [0.2, 0.25) is 0 Å². The Bertz CT molecular complexity index is 324. The minimum atomic E-state index is 0. The summed E-state index contributed by atoms with van der Waals surface area (Å²) in [5.74, 6) is 0.869. The smallest absolute Gasteiger partial charge is 0.130 e. The van der Waals surface area contributed by atoms with Crippen molar-refractivity contribution in [3.05, 3.63) is 54.7 Å². The fraction of sp³-hybridized carbons (Fsp3) is 0. The molecule has 2 aromatic rings. The molecule has 1 N–H and O–H groups in total. The molecule has 0 aliphatic carbocycles. The van der Waals surface area contributed by atoms with Crippen LogP contribution < -0.4 is 5.32 Å². The topological polar surface area (TPSA) is 24.9 Å². The Morgan fingerprint density at radius 1 is 0.923 bits per heavy atom. The van der Waals surface area contributed by atoms with Crippen LogP contribution in [0.5, 0.6) is 0 Å². The predicted octanol–water partition coefficient (Wildman–Crippen LogP) is 3.07. The van der Waals surface area contributed by atoms with Gasteiger partial charge in [0.05, 0.1) is 0 Å². The van der Waals surface area contributed by atoms with Gasteiger partial charge in [0.15, 0.2) is 0 Å². The van der Waals surface area contributed by atoms with E-state index in [4.69, 9.17) is 0 Å². The van der Waals surface area contributed by atoms with Gasteiger partial charge in [0, 0.05) is 13.3 Å². The zero-order valence-corrected chi connectivity index (χ0v) is 7.14. The van der Waals surface area contributed by atoms with Gasteiger partial charge in [0.2, 0.25) is 0 Å². The SMILES string of the molecule is [HH].c1ccc(Nc2ccccn2)cc1. The lowest BCUT2D eigenvalue weighted by Gasteiger charge is -2.03. The van der Waals surface area contributed by atoms with Crippen molar-refractivity contribution in [2.45, 2.75) is 0 Å². The molecule has 0 fully saturated rings. The number of para-hydroxylation sites is 1. The third-order valence-corrected chi connectivity index (χ3v) is 1.71. The molecule has 2 rings (SSSR count).